The molecule has 0 bridgehead atoms. The quantitative estimate of drug-likeness (QED) is 0.926. The Kier molecular flexibility index (Phi) is 4.71. The molecule has 1 unspecified atom stereocenters. The first-order valence-corrected chi connectivity index (χ1v) is 7.90. The van der Waals surface area contributed by atoms with Crippen molar-refractivity contribution in [2.24, 2.45) is 11.1 Å². The number of aromatic nitrogens is 2. The first kappa shape index (κ1) is 16.0. The predicted octanol–water partition coefficient (Wildman–Crippen LogP) is 1.98. The standard InChI is InChI=1S/C16H28N4O/c1-5-13-18-8-10-20(13)12-7-6-9-19(11-12)15(21)14(17)16(2,3)4/h8,10,12,14H,5-7,9,11,17H2,1-4H3/t12?,14-/m1/s1. The second-order valence-electron chi connectivity index (χ2n) is 7.03. The molecule has 2 rings (SSSR count). The highest BCUT2D eigenvalue weighted by Gasteiger charge is 2.33. The first-order chi connectivity index (χ1) is 9.84. The summed E-state index contributed by atoms with van der Waals surface area (Å²) < 4.78 is 2.22. The molecule has 0 spiro atoms. The Morgan fingerprint density at radius 1 is 1.52 bits per heavy atom. The van der Waals surface area contributed by atoms with Crippen molar-refractivity contribution in [1.82, 2.24) is 14.5 Å². The van der Waals surface area contributed by atoms with E-state index in [0.717, 1.165) is 38.2 Å². The average molecular weight is 292 g/mol. The van der Waals surface area contributed by atoms with Gasteiger partial charge in [-0.3, -0.25) is 4.79 Å². The van der Waals surface area contributed by atoms with Crippen LogP contribution in [-0.2, 0) is 11.2 Å². The molecule has 1 saturated heterocycles. The molecular weight excluding hydrogens is 264 g/mol. The topological polar surface area (TPSA) is 64.2 Å². The van der Waals surface area contributed by atoms with Crippen LogP contribution in [-0.4, -0.2) is 39.5 Å². The second kappa shape index (κ2) is 6.18. The van der Waals surface area contributed by atoms with Gasteiger partial charge < -0.3 is 15.2 Å². The largest absolute Gasteiger partial charge is 0.339 e. The third kappa shape index (κ3) is 3.46. The summed E-state index contributed by atoms with van der Waals surface area (Å²) in [6, 6.07) is -0.114. The number of imidazole rings is 1. The highest BCUT2D eigenvalue weighted by atomic mass is 16.2. The zero-order valence-electron chi connectivity index (χ0n) is 13.7. The number of nitrogens with two attached hydrogens (primary N) is 1. The van der Waals surface area contributed by atoms with Gasteiger partial charge in [-0.1, -0.05) is 27.7 Å². The number of carbonyl (C=O) groups excluding carboxylic acids is 1. The maximum atomic E-state index is 12.6. The van der Waals surface area contributed by atoms with Crippen LogP contribution in [0.2, 0.25) is 0 Å². The van der Waals surface area contributed by atoms with E-state index in [0.29, 0.717) is 6.04 Å². The molecule has 5 heteroatoms. The molecule has 2 N–H and O–H groups in total. The van der Waals surface area contributed by atoms with E-state index in [1.807, 2.05) is 38.1 Å². The molecule has 1 aliphatic heterocycles. The Hall–Kier alpha value is -1.36. The molecule has 1 aromatic rings. The highest BCUT2D eigenvalue weighted by Crippen LogP contribution is 2.26. The summed E-state index contributed by atoms with van der Waals surface area (Å²) in [6.45, 7) is 9.72. The van der Waals surface area contributed by atoms with Crippen LogP contribution in [0.3, 0.4) is 0 Å². The fraction of sp³-hybridized carbons (Fsp3) is 0.750. The van der Waals surface area contributed by atoms with Crippen LogP contribution in [0, 0.1) is 5.41 Å². The smallest absolute Gasteiger partial charge is 0.240 e. The van der Waals surface area contributed by atoms with E-state index in [-0.39, 0.29) is 11.3 Å². The molecule has 0 aromatic carbocycles. The number of nitrogens with zero attached hydrogens (tertiary/aromatic N) is 3. The van der Waals surface area contributed by atoms with Gasteiger partial charge in [-0.25, -0.2) is 4.98 Å². The predicted molar refractivity (Wildman–Crippen MR) is 83.9 cm³/mol. The first-order valence-electron chi connectivity index (χ1n) is 7.90. The summed E-state index contributed by atoms with van der Waals surface area (Å²) in [4.78, 5) is 18.9. The van der Waals surface area contributed by atoms with Crippen molar-refractivity contribution in [3.05, 3.63) is 18.2 Å². The van der Waals surface area contributed by atoms with Gasteiger partial charge in [0.2, 0.25) is 5.91 Å². The van der Waals surface area contributed by atoms with E-state index in [2.05, 4.69) is 16.5 Å². The molecule has 5 nitrogen and oxygen atoms in total. The van der Waals surface area contributed by atoms with Crippen LogP contribution < -0.4 is 5.73 Å². The van der Waals surface area contributed by atoms with Gasteiger partial charge in [0.1, 0.15) is 5.82 Å². The normalized spacial score (nSPS) is 21.4. The van der Waals surface area contributed by atoms with Crippen LogP contribution in [0.5, 0.6) is 0 Å². The van der Waals surface area contributed by atoms with E-state index in [4.69, 9.17) is 5.73 Å². The van der Waals surface area contributed by atoms with E-state index < -0.39 is 6.04 Å². The van der Waals surface area contributed by atoms with Crippen molar-refractivity contribution in [3.8, 4) is 0 Å². The summed E-state index contributed by atoms with van der Waals surface area (Å²) in [5, 5.41) is 0. The molecule has 2 heterocycles. The second-order valence-corrected chi connectivity index (χ2v) is 7.03. The zero-order chi connectivity index (χ0) is 15.6. The Bertz CT molecular complexity index is 489. The monoisotopic (exact) mass is 292 g/mol. The van der Waals surface area contributed by atoms with Gasteiger partial charge in [-0.15, -0.1) is 0 Å². The minimum Gasteiger partial charge on any atom is -0.339 e. The summed E-state index contributed by atoms with van der Waals surface area (Å²) in [7, 11) is 0. The number of hydrogen-bond donors (Lipinski definition) is 1. The molecule has 1 aliphatic rings. The van der Waals surface area contributed by atoms with Crippen molar-refractivity contribution in [2.45, 2.75) is 59.0 Å². The summed E-state index contributed by atoms with van der Waals surface area (Å²) >= 11 is 0. The lowest BCUT2D eigenvalue weighted by molar-refractivity contribution is -0.136. The number of piperidine rings is 1. The maximum Gasteiger partial charge on any atom is 0.240 e. The van der Waals surface area contributed by atoms with Gasteiger partial charge in [0.05, 0.1) is 12.1 Å². The van der Waals surface area contributed by atoms with Crippen LogP contribution in [0.15, 0.2) is 12.4 Å². The summed E-state index contributed by atoms with van der Waals surface area (Å²) in [5.41, 5.74) is 5.93. The van der Waals surface area contributed by atoms with Crippen molar-refractivity contribution in [1.29, 1.82) is 0 Å². The molecule has 118 valence electrons. The number of likely N-dealkylation sites (tertiary alicyclic amines) is 1. The van der Waals surface area contributed by atoms with Crippen molar-refractivity contribution < 1.29 is 4.79 Å². The van der Waals surface area contributed by atoms with Crippen molar-refractivity contribution >= 4 is 5.91 Å². The minimum absolute atomic E-state index is 0.0744. The third-order valence-electron chi connectivity index (χ3n) is 4.37. The van der Waals surface area contributed by atoms with Crippen LogP contribution in [0.4, 0.5) is 0 Å². The maximum absolute atomic E-state index is 12.6. The number of amides is 1. The van der Waals surface area contributed by atoms with Gasteiger partial charge in [-0.2, -0.15) is 0 Å². The number of rotatable bonds is 3. The highest BCUT2D eigenvalue weighted by molar-refractivity contribution is 5.82. The van der Waals surface area contributed by atoms with E-state index in [9.17, 15) is 4.79 Å². The fourth-order valence-corrected chi connectivity index (χ4v) is 2.90. The Balaban J connectivity index is 2.09. The molecule has 1 aromatic heterocycles. The molecule has 1 fully saturated rings. The molecule has 21 heavy (non-hydrogen) atoms. The number of hydrogen-bond acceptors (Lipinski definition) is 3. The molecule has 1 amide bonds. The van der Waals surface area contributed by atoms with Gasteiger partial charge in [0.25, 0.3) is 0 Å². The van der Waals surface area contributed by atoms with Crippen molar-refractivity contribution in [2.75, 3.05) is 13.1 Å². The fourth-order valence-electron chi connectivity index (χ4n) is 2.90. The Labute approximate surface area is 127 Å². The van der Waals surface area contributed by atoms with Gasteiger partial charge >= 0.3 is 0 Å². The number of carbonyl (C=O) groups is 1. The minimum atomic E-state index is -0.440. The lowest BCUT2D eigenvalue weighted by Crippen LogP contribution is -2.53. The van der Waals surface area contributed by atoms with Crippen molar-refractivity contribution in [3.63, 3.8) is 0 Å². The lowest BCUT2D eigenvalue weighted by Gasteiger charge is -2.38. The van der Waals surface area contributed by atoms with E-state index in [1.54, 1.807) is 0 Å². The molecule has 2 atom stereocenters. The molecule has 0 saturated carbocycles. The van der Waals surface area contributed by atoms with E-state index in [1.165, 1.54) is 0 Å². The summed E-state index contributed by atoms with van der Waals surface area (Å²) in [6.07, 6.45) is 6.91. The van der Waals surface area contributed by atoms with Gasteiger partial charge in [0.15, 0.2) is 0 Å². The third-order valence-corrected chi connectivity index (χ3v) is 4.37. The number of aryl methyl sites for hydroxylation is 1. The zero-order valence-corrected chi connectivity index (χ0v) is 13.7. The van der Waals surface area contributed by atoms with Crippen LogP contribution in [0.1, 0.15) is 52.4 Å². The van der Waals surface area contributed by atoms with Gasteiger partial charge in [-0.05, 0) is 18.3 Å². The lowest BCUT2D eigenvalue weighted by atomic mass is 9.86. The Morgan fingerprint density at radius 3 is 2.86 bits per heavy atom. The van der Waals surface area contributed by atoms with Gasteiger partial charge in [0, 0.05) is 31.9 Å². The molecule has 0 radical (unpaired) electrons. The summed E-state index contributed by atoms with van der Waals surface area (Å²) in [5.74, 6) is 1.17. The van der Waals surface area contributed by atoms with Crippen LogP contribution >= 0.6 is 0 Å². The molecular formula is C16H28N4O. The van der Waals surface area contributed by atoms with Crippen LogP contribution in [0.25, 0.3) is 0 Å². The SMILES string of the molecule is CCc1nccn1C1CCCN(C(=O)[C@@H](N)C(C)(C)C)C1. The van der Waals surface area contributed by atoms with E-state index >= 15 is 0 Å². The molecule has 0 aliphatic carbocycles. The average Bonchev–Trinajstić information content (AvgIpc) is 2.93. The Morgan fingerprint density at radius 2 is 2.24 bits per heavy atom.